The number of hydrogen-bond donors (Lipinski definition) is 0. The first-order valence-electron chi connectivity index (χ1n) is 4.52. The van der Waals surface area contributed by atoms with E-state index in [2.05, 4.69) is 10.2 Å². The Kier molecular flexibility index (Phi) is 3.55. The summed E-state index contributed by atoms with van der Waals surface area (Å²) >= 11 is 2.87. The number of rotatable bonds is 4. The zero-order valence-electron chi connectivity index (χ0n) is 8.69. The molecule has 0 fully saturated rings. The molecule has 2 aromatic rings. The quantitative estimate of drug-likeness (QED) is 0.482. The first kappa shape index (κ1) is 11.8. The molecule has 2 heterocycles. The fraction of sp³-hybridized carbons (Fsp3) is 0.111. The summed E-state index contributed by atoms with van der Waals surface area (Å²) in [5.74, 6) is 0.173. The van der Waals surface area contributed by atoms with Crippen LogP contribution in [0.3, 0.4) is 0 Å². The van der Waals surface area contributed by atoms with Gasteiger partial charge in [-0.25, -0.2) is 0 Å². The van der Waals surface area contributed by atoms with E-state index in [4.69, 9.17) is 4.42 Å². The van der Waals surface area contributed by atoms with E-state index in [1.54, 1.807) is 17.6 Å². The average Bonchev–Trinajstić information content (AvgIpc) is 2.88. The van der Waals surface area contributed by atoms with Crippen molar-refractivity contribution in [1.29, 1.82) is 0 Å². The highest BCUT2D eigenvalue weighted by Gasteiger charge is 2.09. The Hall–Kier alpha value is -1.67. The molecule has 17 heavy (non-hydrogen) atoms. The molecule has 2 aromatic heterocycles. The van der Waals surface area contributed by atoms with Crippen LogP contribution in [0, 0.1) is 17.0 Å². The summed E-state index contributed by atoms with van der Waals surface area (Å²) in [5.41, 5.74) is 0. The minimum absolute atomic E-state index is 0.263. The van der Waals surface area contributed by atoms with Crippen molar-refractivity contribution in [2.45, 2.75) is 11.3 Å². The van der Waals surface area contributed by atoms with Crippen molar-refractivity contribution in [3.05, 3.63) is 38.4 Å². The standard InChI is InChI=1S/C9H7N3O3S2/c1-6-10-11-9(17-6)16-5-4-7-2-3-8(15-7)12(13)14/h2-5H,1H3/b5-4+. The zero-order chi connectivity index (χ0) is 12.3. The number of nitro groups is 1. The van der Waals surface area contributed by atoms with Gasteiger partial charge in [0, 0.05) is 0 Å². The predicted octanol–water partition coefficient (Wildman–Crippen LogP) is 3.11. The second-order valence-electron chi connectivity index (χ2n) is 2.94. The van der Waals surface area contributed by atoms with Crippen LogP contribution in [-0.4, -0.2) is 15.1 Å². The molecular weight excluding hydrogens is 262 g/mol. The number of nitrogens with zero attached hydrogens (tertiary/aromatic N) is 3. The van der Waals surface area contributed by atoms with E-state index < -0.39 is 4.92 Å². The van der Waals surface area contributed by atoms with Crippen LogP contribution in [-0.2, 0) is 0 Å². The number of furan rings is 1. The van der Waals surface area contributed by atoms with Gasteiger partial charge in [-0.15, -0.1) is 10.2 Å². The van der Waals surface area contributed by atoms with Gasteiger partial charge in [0.2, 0.25) is 0 Å². The highest BCUT2D eigenvalue weighted by molar-refractivity contribution is 8.03. The number of thioether (sulfide) groups is 1. The third kappa shape index (κ3) is 3.14. The summed E-state index contributed by atoms with van der Waals surface area (Å²) in [7, 11) is 0. The molecule has 0 N–H and O–H groups in total. The fourth-order valence-corrected chi connectivity index (χ4v) is 2.56. The van der Waals surface area contributed by atoms with E-state index in [1.165, 1.54) is 29.2 Å². The SMILES string of the molecule is Cc1nnc(S/C=C/c2ccc([N+](=O)[O-])o2)s1. The largest absolute Gasteiger partial charge is 0.433 e. The van der Waals surface area contributed by atoms with Crippen LogP contribution in [0.1, 0.15) is 10.8 Å². The summed E-state index contributed by atoms with van der Waals surface area (Å²) < 4.78 is 5.78. The molecule has 0 atom stereocenters. The Morgan fingerprint density at radius 3 is 2.94 bits per heavy atom. The van der Waals surface area contributed by atoms with Gasteiger partial charge in [0.05, 0.1) is 6.07 Å². The van der Waals surface area contributed by atoms with Gasteiger partial charge in [-0.2, -0.15) is 0 Å². The summed E-state index contributed by atoms with van der Waals surface area (Å²) in [5, 5.41) is 20.8. The van der Waals surface area contributed by atoms with E-state index in [-0.39, 0.29) is 5.88 Å². The molecule has 2 rings (SSSR count). The van der Waals surface area contributed by atoms with Crippen molar-refractivity contribution in [2.75, 3.05) is 0 Å². The Morgan fingerprint density at radius 1 is 1.53 bits per heavy atom. The molecule has 8 heteroatoms. The van der Waals surface area contributed by atoms with Gasteiger partial charge in [-0.3, -0.25) is 10.1 Å². The molecule has 0 radical (unpaired) electrons. The van der Waals surface area contributed by atoms with E-state index in [1.807, 2.05) is 6.92 Å². The highest BCUT2D eigenvalue weighted by Crippen LogP contribution is 2.24. The fourth-order valence-electron chi connectivity index (χ4n) is 1.02. The Balaban J connectivity index is 1.98. The van der Waals surface area contributed by atoms with E-state index in [0.717, 1.165) is 9.35 Å². The molecule has 88 valence electrons. The maximum atomic E-state index is 10.4. The van der Waals surface area contributed by atoms with Crippen molar-refractivity contribution in [3.63, 3.8) is 0 Å². The zero-order valence-corrected chi connectivity index (χ0v) is 10.3. The molecule has 0 aliphatic rings. The normalized spacial score (nSPS) is 11.1. The minimum Gasteiger partial charge on any atom is -0.401 e. The first-order valence-corrected chi connectivity index (χ1v) is 6.22. The number of aryl methyl sites for hydroxylation is 1. The number of aromatic nitrogens is 2. The van der Waals surface area contributed by atoms with Crippen molar-refractivity contribution in [3.8, 4) is 0 Å². The van der Waals surface area contributed by atoms with Gasteiger partial charge in [-0.1, -0.05) is 23.1 Å². The third-order valence-corrected chi connectivity index (χ3v) is 3.43. The Morgan fingerprint density at radius 2 is 2.35 bits per heavy atom. The van der Waals surface area contributed by atoms with Gasteiger partial charge in [0.1, 0.15) is 15.7 Å². The Bertz CT molecular complexity index is 561. The monoisotopic (exact) mass is 269 g/mol. The average molecular weight is 269 g/mol. The molecule has 0 saturated carbocycles. The molecule has 0 unspecified atom stereocenters. The van der Waals surface area contributed by atoms with Crippen LogP contribution in [0.2, 0.25) is 0 Å². The smallest absolute Gasteiger partial charge is 0.401 e. The lowest BCUT2D eigenvalue weighted by Crippen LogP contribution is -1.82. The van der Waals surface area contributed by atoms with Gasteiger partial charge < -0.3 is 4.42 Å². The molecule has 0 amide bonds. The topological polar surface area (TPSA) is 82.1 Å². The van der Waals surface area contributed by atoms with Crippen molar-refractivity contribution < 1.29 is 9.34 Å². The summed E-state index contributed by atoms with van der Waals surface area (Å²) in [4.78, 5) is 9.81. The maximum Gasteiger partial charge on any atom is 0.433 e. The number of hydrogen-bond acceptors (Lipinski definition) is 7. The van der Waals surface area contributed by atoms with E-state index in [0.29, 0.717) is 5.76 Å². The molecule has 0 spiro atoms. The van der Waals surface area contributed by atoms with Crippen LogP contribution in [0.15, 0.2) is 26.3 Å². The molecule has 0 bridgehead atoms. The van der Waals surface area contributed by atoms with Crippen LogP contribution in [0.25, 0.3) is 6.08 Å². The minimum atomic E-state index is -0.571. The summed E-state index contributed by atoms with van der Waals surface area (Å²) in [6, 6.07) is 2.86. The van der Waals surface area contributed by atoms with Crippen LogP contribution >= 0.6 is 23.1 Å². The van der Waals surface area contributed by atoms with Crippen molar-refractivity contribution >= 4 is 35.1 Å². The molecule has 0 aromatic carbocycles. The summed E-state index contributed by atoms with van der Waals surface area (Å²) in [6.45, 7) is 1.88. The van der Waals surface area contributed by atoms with E-state index in [9.17, 15) is 10.1 Å². The van der Waals surface area contributed by atoms with Crippen LogP contribution < -0.4 is 0 Å². The molecule has 0 aliphatic heterocycles. The second-order valence-corrected chi connectivity index (χ2v) is 5.28. The van der Waals surface area contributed by atoms with Gasteiger partial charge >= 0.3 is 5.88 Å². The lowest BCUT2D eigenvalue weighted by atomic mass is 10.4. The van der Waals surface area contributed by atoms with Crippen molar-refractivity contribution in [2.24, 2.45) is 0 Å². The molecule has 6 nitrogen and oxygen atoms in total. The lowest BCUT2D eigenvalue weighted by molar-refractivity contribution is -0.402. The first-order chi connectivity index (χ1) is 8.15. The molecule has 0 saturated heterocycles. The highest BCUT2D eigenvalue weighted by atomic mass is 32.2. The van der Waals surface area contributed by atoms with Gasteiger partial charge in [0.15, 0.2) is 4.34 Å². The predicted molar refractivity (Wildman–Crippen MR) is 64.9 cm³/mol. The van der Waals surface area contributed by atoms with Crippen molar-refractivity contribution in [1.82, 2.24) is 10.2 Å². The molecule has 0 aliphatic carbocycles. The summed E-state index contributed by atoms with van der Waals surface area (Å²) in [6.07, 6.45) is 1.65. The molecular formula is C9H7N3O3S2. The van der Waals surface area contributed by atoms with Crippen LogP contribution in [0.4, 0.5) is 5.88 Å². The van der Waals surface area contributed by atoms with Gasteiger partial charge in [-0.05, 0) is 24.5 Å². The van der Waals surface area contributed by atoms with Crippen LogP contribution in [0.5, 0.6) is 0 Å². The third-order valence-electron chi connectivity index (χ3n) is 1.70. The Labute approximate surface area is 105 Å². The van der Waals surface area contributed by atoms with Gasteiger partial charge in [0.25, 0.3) is 0 Å². The second kappa shape index (κ2) is 5.11. The maximum absolute atomic E-state index is 10.4. The lowest BCUT2D eigenvalue weighted by Gasteiger charge is -1.85. The van der Waals surface area contributed by atoms with E-state index >= 15 is 0 Å².